The highest BCUT2D eigenvalue weighted by Crippen LogP contribution is 2.22. The predicted octanol–water partition coefficient (Wildman–Crippen LogP) is 1.69. The normalized spacial score (nSPS) is 17.6. The van der Waals surface area contributed by atoms with Crippen LogP contribution in [0.5, 0.6) is 5.75 Å². The number of amides is 1. The lowest BCUT2D eigenvalue weighted by molar-refractivity contribution is -0.159. The van der Waals surface area contributed by atoms with E-state index >= 15 is 0 Å². The van der Waals surface area contributed by atoms with E-state index in [4.69, 9.17) is 14.2 Å². The fraction of sp³-hybridized carbons (Fsp3) is 0.467. The van der Waals surface area contributed by atoms with E-state index in [1.165, 1.54) is 0 Å². The topological polar surface area (TPSA) is 69.2 Å². The maximum Gasteiger partial charge on any atom is 0.245 e. The Kier molecular flexibility index (Phi) is 4.93. The molecule has 0 radical (unpaired) electrons. The van der Waals surface area contributed by atoms with Gasteiger partial charge in [0.2, 0.25) is 5.91 Å². The lowest BCUT2D eigenvalue weighted by Crippen LogP contribution is -2.33. The third kappa shape index (κ3) is 4.27. The number of hydrazone groups is 1. The number of carbonyl (C=O) groups excluding carboxylic acids is 1. The Morgan fingerprint density at radius 1 is 1.33 bits per heavy atom. The maximum atomic E-state index is 11.8. The SMILES string of the molecule is COc1ccc(/C(C)=N\NC(=O)CC2(C)OCCO2)cc1. The zero-order chi connectivity index (χ0) is 15.3. The van der Waals surface area contributed by atoms with Crippen LogP contribution in [-0.2, 0) is 14.3 Å². The quantitative estimate of drug-likeness (QED) is 0.662. The molecule has 1 aliphatic heterocycles. The summed E-state index contributed by atoms with van der Waals surface area (Å²) in [5.41, 5.74) is 4.14. The third-order valence-corrected chi connectivity index (χ3v) is 3.24. The number of benzene rings is 1. The van der Waals surface area contributed by atoms with Crippen LogP contribution >= 0.6 is 0 Å². The Hall–Kier alpha value is -1.92. The van der Waals surface area contributed by atoms with Crippen molar-refractivity contribution in [3.8, 4) is 5.75 Å². The van der Waals surface area contributed by atoms with Crippen LogP contribution in [-0.4, -0.2) is 37.7 Å². The third-order valence-electron chi connectivity index (χ3n) is 3.24. The van der Waals surface area contributed by atoms with Crippen molar-refractivity contribution in [3.63, 3.8) is 0 Å². The first kappa shape index (κ1) is 15.5. The van der Waals surface area contributed by atoms with E-state index in [-0.39, 0.29) is 12.3 Å². The average Bonchev–Trinajstić information content (AvgIpc) is 2.91. The maximum absolute atomic E-state index is 11.8. The van der Waals surface area contributed by atoms with Gasteiger partial charge in [0, 0.05) is 0 Å². The van der Waals surface area contributed by atoms with Crippen LogP contribution in [0.1, 0.15) is 25.8 Å². The fourth-order valence-corrected chi connectivity index (χ4v) is 2.03. The van der Waals surface area contributed by atoms with Crippen LogP contribution in [0.4, 0.5) is 0 Å². The molecule has 2 rings (SSSR count). The first-order chi connectivity index (χ1) is 10.0. The van der Waals surface area contributed by atoms with E-state index in [1.54, 1.807) is 14.0 Å². The molecule has 114 valence electrons. The molecule has 0 unspecified atom stereocenters. The number of methoxy groups -OCH3 is 1. The summed E-state index contributed by atoms with van der Waals surface area (Å²) in [6.07, 6.45) is 0.117. The van der Waals surface area contributed by atoms with Crippen molar-refractivity contribution in [1.29, 1.82) is 0 Å². The van der Waals surface area contributed by atoms with Crippen molar-refractivity contribution in [3.05, 3.63) is 29.8 Å². The summed E-state index contributed by atoms with van der Waals surface area (Å²) in [7, 11) is 1.62. The number of carbonyl (C=O) groups is 1. The first-order valence-corrected chi connectivity index (χ1v) is 6.78. The van der Waals surface area contributed by atoms with Gasteiger partial charge < -0.3 is 14.2 Å². The molecule has 1 aromatic rings. The van der Waals surface area contributed by atoms with Gasteiger partial charge in [-0.15, -0.1) is 0 Å². The molecule has 1 N–H and O–H groups in total. The molecule has 6 nitrogen and oxygen atoms in total. The van der Waals surface area contributed by atoms with Gasteiger partial charge in [0.25, 0.3) is 0 Å². The minimum absolute atomic E-state index is 0.117. The molecular formula is C15H20N2O4. The van der Waals surface area contributed by atoms with E-state index in [9.17, 15) is 4.79 Å². The lowest BCUT2D eigenvalue weighted by atomic mass is 10.1. The number of nitrogens with one attached hydrogen (secondary N) is 1. The molecule has 1 saturated heterocycles. The van der Waals surface area contributed by atoms with Crippen LogP contribution in [0.2, 0.25) is 0 Å². The van der Waals surface area contributed by atoms with Gasteiger partial charge in [-0.2, -0.15) is 5.10 Å². The number of rotatable bonds is 5. The standard InChI is InChI=1S/C15H20N2O4/c1-11(12-4-6-13(19-3)7-5-12)16-17-14(18)10-15(2)20-8-9-21-15/h4-7H,8-10H2,1-3H3,(H,17,18)/b16-11-. The molecule has 0 atom stereocenters. The molecule has 1 aromatic carbocycles. The Balaban J connectivity index is 1.91. The summed E-state index contributed by atoms with van der Waals surface area (Å²) in [6.45, 7) is 4.60. The van der Waals surface area contributed by atoms with Crippen molar-refractivity contribution < 1.29 is 19.0 Å². The molecule has 0 saturated carbocycles. The van der Waals surface area contributed by atoms with Crippen molar-refractivity contribution in [2.45, 2.75) is 26.1 Å². The predicted molar refractivity (Wildman–Crippen MR) is 78.3 cm³/mol. The number of hydrogen-bond donors (Lipinski definition) is 1. The van der Waals surface area contributed by atoms with E-state index in [1.807, 2.05) is 31.2 Å². The molecule has 0 aliphatic carbocycles. The Morgan fingerprint density at radius 3 is 2.52 bits per heavy atom. The van der Waals surface area contributed by atoms with Gasteiger partial charge in [-0.25, -0.2) is 5.43 Å². The van der Waals surface area contributed by atoms with Gasteiger partial charge in [0.05, 0.1) is 32.5 Å². The zero-order valence-corrected chi connectivity index (χ0v) is 12.5. The average molecular weight is 292 g/mol. The molecule has 1 aliphatic rings. The van der Waals surface area contributed by atoms with Gasteiger partial charge in [-0.05, 0) is 43.7 Å². The van der Waals surface area contributed by atoms with Crippen molar-refractivity contribution >= 4 is 11.6 Å². The molecular weight excluding hydrogens is 272 g/mol. The minimum Gasteiger partial charge on any atom is -0.497 e. The zero-order valence-electron chi connectivity index (χ0n) is 12.5. The van der Waals surface area contributed by atoms with E-state index < -0.39 is 5.79 Å². The van der Waals surface area contributed by atoms with E-state index in [0.29, 0.717) is 18.9 Å². The molecule has 21 heavy (non-hydrogen) atoms. The van der Waals surface area contributed by atoms with E-state index in [0.717, 1.165) is 11.3 Å². The molecule has 1 heterocycles. The molecule has 1 fully saturated rings. The molecule has 0 bridgehead atoms. The first-order valence-electron chi connectivity index (χ1n) is 6.78. The van der Waals surface area contributed by atoms with Crippen LogP contribution in [0.15, 0.2) is 29.4 Å². The second-order valence-corrected chi connectivity index (χ2v) is 4.97. The summed E-state index contributed by atoms with van der Waals surface area (Å²) >= 11 is 0. The number of ether oxygens (including phenoxy) is 3. The van der Waals surface area contributed by atoms with Crippen LogP contribution in [0, 0.1) is 0 Å². The van der Waals surface area contributed by atoms with Crippen molar-refractivity contribution in [2.75, 3.05) is 20.3 Å². The molecule has 1 amide bonds. The minimum atomic E-state index is -0.840. The van der Waals surface area contributed by atoms with Gasteiger partial charge in [0.1, 0.15) is 5.75 Å². The molecule has 0 spiro atoms. The highest BCUT2D eigenvalue weighted by Gasteiger charge is 2.33. The molecule has 0 aromatic heterocycles. The monoisotopic (exact) mass is 292 g/mol. The largest absolute Gasteiger partial charge is 0.497 e. The summed E-state index contributed by atoms with van der Waals surface area (Å²) < 4.78 is 15.9. The summed E-state index contributed by atoms with van der Waals surface area (Å²) in [4.78, 5) is 11.8. The van der Waals surface area contributed by atoms with Crippen molar-refractivity contribution in [2.24, 2.45) is 5.10 Å². The highest BCUT2D eigenvalue weighted by atomic mass is 16.7. The van der Waals surface area contributed by atoms with Crippen LogP contribution in [0.3, 0.4) is 0 Å². The van der Waals surface area contributed by atoms with Gasteiger partial charge in [-0.3, -0.25) is 4.79 Å². The smallest absolute Gasteiger partial charge is 0.245 e. The fourth-order valence-electron chi connectivity index (χ4n) is 2.03. The van der Waals surface area contributed by atoms with Crippen molar-refractivity contribution in [1.82, 2.24) is 5.43 Å². The summed E-state index contributed by atoms with van der Waals surface area (Å²) in [6, 6.07) is 7.46. The summed E-state index contributed by atoms with van der Waals surface area (Å²) in [5, 5.41) is 4.09. The molecule has 6 heteroatoms. The van der Waals surface area contributed by atoms with Gasteiger partial charge >= 0.3 is 0 Å². The second kappa shape index (κ2) is 6.69. The lowest BCUT2D eigenvalue weighted by Gasteiger charge is -2.20. The highest BCUT2D eigenvalue weighted by molar-refractivity contribution is 5.99. The second-order valence-electron chi connectivity index (χ2n) is 4.97. The van der Waals surface area contributed by atoms with Crippen LogP contribution in [0.25, 0.3) is 0 Å². The Morgan fingerprint density at radius 2 is 1.95 bits per heavy atom. The van der Waals surface area contributed by atoms with Gasteiger partial charge in [-0.1, -0.05) is 0 Å². The van der Waals surface area contributed by atoms with Crippen LogP contribution < -0.4 is 10.2 Å². The number of nitrogens with zero attached hydrogens (tertiary/aromatic N) is 1. The Bertz CT molecular complexity index is 519. The Labute approximate surface area is 124 Å². The van der Waals surface area contributed by atoms with Gasteiger partial charge in [0.15, 0.2) is 5.79 Å². The number of hydrogen-bond acceptors (Lipinski definition) is 5. The van der Waals surface area contributed by atoms with E-state index in [2.05, 4.69) is 10.5 Å². The summed E-state index contributed by atoms with van der Waals surface area (Å²) in [5.74, 6) is -0.306.